The summed E-state index contributed by atoms with van der Waals surface area (Å²) in [4.78, 5) is 11.4. The van der Waals surface area contributed by atoms with Crippen molar-refractivity contribution in [2.24, 2.45) is 11.8 Å². The zero-order valence-electron chi connectivity index (χ0n) is 13.7. The minimum Gasteiger partial charge on any atom is -0.478 e. The van der Waals surface area contributed by atoms with Crippen molar-refractivity contribution < 1.29 is 49.6 Å². The maximum absolute atomic E-state index is 11.4. The van der Waals surface area contributed by atoms with Gasteiger partial charge in [-0.25, -0.2) is 4.79 Å². The van der Waals surface area contributed by atoms with Gasteiger partial charge < -0.3 is 44.8 Å². The van der Waals surface area contributed by atoms with Gasteiger partial charge in [0.2, 0.25) is 6.29 Å². The highest BCUT2D eigenvalue weighted by atomic mass is 16.8. The normalized spacial score (nSPS) is 42.5. The van der Waals surface area contributed by atoms with E-state index in [1.54, 1.807) is 6.08 Å². The van der Waals surface area contributed by atoms with E-state index < -0.39 is 61.4 Å². The van der Waals surface area contributed by atoms with Crippen LogP contribution < -0.4 is 0 Å². The van der Waals surface area contributed by atoms with Crippen LogP contribution in [0.15, 0.2) is 23.5 Å². The van der Waals surface area contributed by atoms with Crippen molar-refractivity contribution in [1.29, 1.82) is 0 Å². The molecule has 0 aromatic rings. The van der Waals surface area contributed by atoms with Crippen molar-refractivity contribution in [2.45, 2.75) is 43.4 Å². The van der Waals surface area contributed by atoms with Crippen LogP contribution in [0.2, 0.25) is 0 Å². The average Bonchev–Trinajstić information content (AvgIpc) is 3.06. The third-order valence-electron chi connectivity index (χ3n) is 5.06. The van der Waals surface area contributed by atoms with Crippen LogP contribution in [0, 0.1) is 11.8 Å². The van der Waals surface area contributed by atoms with Crippen molar-refractivity contribution in [3.63, 3.8) is 0 Å². The van der Waals surface area contributed by atoms with E-state index in [0.717, 1.165) is 6.26 Å². The Morgan fingerprint density at radius 1 is 1.15 bits per heavy atom. The van der Waals surface area contributed by atoms with Gasteiger partial charge in [0.05, 0.1) is 31.0 Å². The summed E-state index contributed by atoms with van der Waals surface area (Å²) < 4.78 is 16.3. The van der Waals surface area contributed by atoms with Crippen LogP contribution in [0.1, 0.15) is 6.42 Å². The highest BCUT2D eigenvalue weighted by Crippen LogP contribution is 2.44. The standard InChI is InChI=1S/C16H22O10/c17-3-6-1-2-7-8(14(22)23)5-24-15(10(6)7)26-16-13(21)12(20)11(19)9(4-18)25-16/h1,5,7,9-13,15-21H,2-4H2,(H,22,23)/t7-,9+,10-,11+,12-,13+,15+,16-/m1/s1. The predicted octanol–water partition coefficient (Wildman–Crippen LogP) is -2.32. The Kier molecular flexibility index (Phi) is 5.63. The summed E-state index contributed by atoms with van der Waals surface area (Å²) in [5.74, 6) is -2.22. The summed E-state index contributed by atoms with van der Waals surface area (Å²) in [6, 6.07) is 0. The van der Waals surface area contributed by atoms with Gasteiger partial charge in [-0.1, -0.05) is 6.08 Å². The minimum atomic E-state index is -1.61. The Balaban J connectivity index is 1.80. The molecule has 0 bridgehead atoms. The van der Waals surface area contributed by atoms with E-state index in [9.17, 15) is 35.4 Å². The van der Waals surface area contributed by atoms with Gasteiger partial charge in [0.25, 0.3) is 0 Å². The number of carboxylic acid groups (broad SMARTS) is 1. The summed E-state index contributed by atoms with van der Waals surface area (Å²) in [5, 5.41) is 57.8. The van der Waals surface area contributed by atoms with Gasteiger partial charge in [-0.2, -0.15) is 0 Å². The minimum absolute atomic E-state index is 0.0448. The van der Waals surface area contributed by atoms with Gasteiger partial charge >= 0.3 is 5.97 Å². The lowest BCUT2D eigenvalue weighted by Crippen LogP contribution is -2.60. The van der Waals surface area contributed by atoms with Crippen LogP contribution in [-0.4, -0.2) is 86.8 Å². The lowest BCUT2D eigenvalue weighted by molar-refractivity contribution is -0.339. The zero-order valence-corrected chi connectivity index (χ0v) is 13.7. The SMILES string of the molecule is O=C(O)C1=CO[C@@H](O[C@H]2O[C@@H](CO)[C@H](O)[C@@H](O)[C@@H]2O)[C@@H]2C(CO)=CC[C@H]12. The molecule has 2 heterocycles. The molecular formula is C16H22O10. The van der Waals surface area contributed by atoms with Crippen LogP contribution in [0.4, 0.5) is 0 Å². The lowest BCUT2D eigenvalue weighted by atomic mass is 9.83. The highest BCUT2D eigenvalue weighted by Gasteiger charge is 2.49. The largest absolute Gasteiger partial charge is 0.478 e. The third kappa shape index (κ3) is 3.25. The van der Waals surface area contributed by atoms with E-state index in [1.807, 2.05) is 0 Å². The second-order valence-electron chi connectivity index (χ2n) is 6.52. The summed E-state index contributed by atoms with van der Waals surface area (Å²) in [7, 11) is 0. The third-order valence-corrected chi connectivity index (χ3v) is 5.06. The topological polar surface area (TPSA) is 166 Å². The van der Waals surface area contributed by atoms with Gasteiger partial charge in [-0.15, -0.1) is 0 Å². The fourth-order valence-electron chi connectivity index (χ4n) is 3.62. The molecule has 8 atom stereocenters. The highest BCUT2D eigenvalue weighted by molar-refractivity contribution is 5.87. The number of carboxylic acids is 1. The summed E-state index contributed by atoms with van der Waals surface area (Å²) in [5.41, 5.74) is 0.583. The molecule has 146 valence electrons. The maximum atomic E-state index is 11.4. The van der Waals surface area contributed by atoms with Crippen LogP contribution in [0.25, 0.3) is 0 Å². The lowest BCUT2D eigenvalue weighted by Gasteiger charge is -2.42. The molecular weight excluding hydrogens is 352 g/mol. The second-order valence-corrected chi connectivity index (χ2v) is 6.52. The molecule has 0 amide bonds. The Labute approximate surface area is 148 Å². The van der Waals surface area contributed by atoms with Crippen LogP contribution >= 0.6 is 0 Å². The number of aliphatic hydroxyl groups is 5. The molecule has 10 nitrogen and oxygen atoms in total. The van der Waals surface area contributed by atoms with E-state index in [4.69, 9.17) is 14.2 Å². The van der Waals surface area contributed by atoms with E-state index in [0.29, 0.717) is 12.0 Å². The number of aliphatic hydroxyl groups excluding tert-OH is 5. The maximum Gasteiger partial charge on any atom is 0.335 e. The monoisotopic (exact) mass is 374 g/mol. The van der Waals surface area contributed by atoms with Crippen molar-refractivity contribution >= 4 is 5.97 Å². The molecule has 3 rings (SSSR count). The molecule has 0 radical (unpaired) electrons. The molecule has 0 spiro atoms. The first-order valence-corrected chi connectivity index (χ1v) is 8.23. The van der Waals surface area contributed by atoms with Crippen molar-refractivity contribution in [1.82, 2.24) is 0 Å². The van der Waals surface area contributed by atoms with E-state index in [2.05, 4.69) is 0 Å². The van der Waals surface area contributed by atoms with Crippen molar-refractivity contribution in [2.75, 3.05) is 13.2 Å². The van der Waals surface area contributed by atoms with Crippen LogP contribution in [0.5, 0.6) is 0 Å². The molecule has 2 aliphatic heterocycles. The molecule has 0 unspecified atom stereocenters. The van der Waals surface area contributed by atoms with Gasteiger partial charge in [-0.3, -0.25) is 0 Å². The van der Waals surface area contributed by atoms with Crippen molar-refractivity contribution in [3.8, 4) is 0 Å². The molecule has 1 fully saturated rings. The first-order chi connectivity index (χ1) is 12.4. The number of ether oxygens (including phenoxy) is 3. The zero-order chi connectivity index (χ0) is 19.0. The van der Waals surface area contributed by atoms with E-state index in [1.165, 1.54) is 0 Å². The molecule has 10 heteroatoms. The van der Waals surface area contributed by atoms with E-state index >= 15 is 0 Å². The predicted molar refractivity (Wildman–Crippen MR) is 82.2 cm³/mol. The summed E-state index contributed by atoms with van der Waals surface area (Å²) in [6.07, 6.45) is -5.21. The average molecular weight is 374 g/mol. The van der Waals surface area contributed by atoms with Gasteiger partial charge in [0.1, 0.15) is 24.4 Å². The number of aliphatic carboxylic acids is 1. The molecule has 1 aliphatic carbocycles. The molecule has 26 heavy (non-hydrogen) atoms. The molecule has 6 N–H and O–H groups in total. The van der Waals surface area contributed by atoms with Gasteiger partial charge in [0.15, 0.2) is 6.29 Å². The van der Waals surface area contributed by atoms with Crippen molar-refractivity contribution in [3.05, 3.63) is 23.5 Å². The number of hydrogen-bond acceptors (Lipinski definition) is 9. The van der Waals surface area contributed by atoms with E-state index in [-0.39, 0.29) is 12.2 Å². The molecule has 3 aliphatic rings. The van der Waals surface area contributed by atoms with Gasteiger partial charge in [-0.05, 0) is 12.0 Å². The summed E-state index contributed by atoms with van der Waals surface area (Å²) >= 11 is 0. The molecule has 0 aromatic heterocycles. The number of allylic oxidation sites excluding steroid dienone is 1. The fraction of sp³-hybridized carbons (Fsp3) is 0.688. The Morgan fingerprint density at radius 2 is 1.88 bits per heavy atom. The fourth-order valence-corrected chi connectivity index (χ4v) is 3.62. The Hall–Kier alpha value is -1.53. The summed E-state index contributed by atoms with van der Waals surface area (Å²) in [6.45, 7) is -0.917. The number of rotatable bonds is 5. The first-order valence-electron chi connectivity index (χ1n) is 8.23. The second kappa shape index (κ2) is 7.61. The quantitative estimate of drug-likeness (QED) is 0.288. The first kappa shape index (κ1) is 19.2. The molecule has 0 aromatic carbocycles. The number of fused-ring (bicyclic) bond motifs is 1. The van der Waals surface area contributed by atoms with Crippen LogP contribution in [0.3, 0.4) is 0 Å². The Morgan fingerprint density at radius 3 is 2.50 bits per heavy atom. The van der Waals surface area contributed by atoms with Crippen LogP contribution in [-0.2, 0) is 19.0 Å². The Bertz CT molecular complexity index is 600. The smallest absolute Gasteiger partial charge is 0.335 e. The van der Waals surface area contributed by atoms with Gasteiger partial charge in [0, 0.05) is 5.92 Å². The number of hydrogen-bond donors (Lipinski definition) is 6. The number of carbonyl (C=O) groups is 1. The molecule has 1 saturated heterocycles. The molecule has 0 saturated carbocycles.